The first-order valence-electron chi connectivity index (χ1n) is 3.78. The molecule has 0 heterocycles. The van der Waals surface area contributed by atoms with Crippen LogP contribution in [-0.4, -0.2) is 5.97 Å². The van der Waals surface area contributed by atoms with Crippen LogP contribution in [0.5, 0.6) is 0 Å². The largest absolute Gasteiger partial charge is 0.434 e. The number of ether oxygens (including phenoxy) is 1. The summed E-state index contributed by atoms with van der Waals surface area (Å²) in [6.07, 6.45) is 6.90. The Bertz CT molecular complexity index is 148. The number of unbranched alkanes of at least 4 members (excludes halogenated alkanes) is 1. The highest BCUT2D eigenvalue weighted by Crippen LogP contribution is 1.96. The van der Waals surface area contributed by atoms with Crippen LogP contribution >= 0.6 is 0 Å². The molecule has 0 N–H and O–H groups in total. The van der Waals surface area contributed by atoms with Crippen molar-refractivity contribution in [2.24, 2.45) is 0 Å². The van der Waals surface area contributed by atoms with Gasteiger partial charge in [0.25, 0.3) is 0 Å². The van der Waals surface area contributed by atoms with Gasteiger partial charge >= 0.3 is 5.97 Å². The van der Waals surface area contributed by atoms with E-state index in [9.17, 15) is 4.79 Å². The maximum absolute atomic E-state index is 10.8. The van der Waals surface area contributed by atoms with Gasteiger partial charge in [0.15, 0.2) is 0 Å². The summed E-state index contributed by atoms with van der Waals surface area (Å²) in [4.78, 5) is 10.8. The highest BCUT2D eigenvalue weighted by Gasteiger charge is 1.97. The predicted octanol–water partition coefficient (Wildman–Crippen LogP) is 2.42. The second-order valence-corrected chi connectivity index (χ2v) is 2.16. The minimum atomic E-state index is -0.176. The number of rotatable bonds is 5. The molecule has 0 aromatic carbocycles. The van der Waals surface area contributed by atoms with Gasteiger partial charge in [-0.15, -0.1) is 0 Å². The molecule has 0 saturated carbocycles. The van der Waals surface area contributed by atoms with Gasteiger partial charge in [-0.2, -0.15) is 0 Å². The van der Waals surface area contributed by atoms with Crippen molar-refractivity contribution in [3.05, 3.63) is 25.0 Å². The molecule has 0 atom stereocenters. The zero-order valence-electron chi connectivity index (χ0n) is 6.88. The maximum atomic E-state index is 10.8. The average Bonchev–Trinajstić information content (AvgIpc) is 2.01. The molecule has 11 heavy (non-hydrogen) atoms. The molecule has 0 fully saturated rings. The van der Waals surface area contributed by atoms with Crippen LogP contribution in [-0.2, 0) is 9.53 Å². The van der Waals surface area contributed by atoms with E-state index in [0.717, 1.165) is 12.8 Å². The zero-order chi connectivity index (χ0) is 8.53. The molecular formula is C9H14O2. The van der Waals surface area contributed by atoms with Crippen molar-refractivity contribution in [2.45, 2.75) is 26.2 Å². The third kappa shape index (κ3) is 6.84. The van der Waals surface area contributed by atoms with Crippen LogP contribution in [0, 0.1) is 0 Å². The van der Waals surface area contributed by atoms with E-state index in [-0.39, 0.29) is 5.97 Å². The quantitative estimate of drug-likeness (QED) is 0.345. The van der Waals surface area contributed by atoms with E-state index in [2.05, 4.69) is 6.58 Å². The van der Waals surface area contributed by atoms with Crippen LogP contribution in [0.2, 0.25) is 0 Å². The van der Waals surface area contributed by atoms with Crippen molar-refractivity contribution in [1.82, 2.24) is 0 Å². The van der Waals surface area contributed by atoms with Gasteiger partial charge < -0.3 is 4.74 Å². The van der Waals surface area contributed by atoms with E-state index >= 15 is 0 Å². The summed E-state index contributed by atoms with van der Waals surface area (Å²) in [7, 11) is 0. The molecule has 0 aliphatic carbocycles. The van der Waals surface area contributed by atoms with Crippen LogP contribution in [0.25, 0.3) is 0 Å². The average molecular weight is 154 g/mol. The monoisotopic (exact) mass is 154 g/mol. The maximum Gasteiger partial charge on any atom is 0.310 e. The molecule has 62 valence electrons. The zero-order valence-corrected chi connectivity index (χ0v) is 6.88. The van der Waals surface area contributed by atoms with Crippen molar-refractivity contribution in [1.29, 1.82) is 0 Å². The fraction of sp³-hybridized carbons (Fsp3) is 0.444. The number of hydrogen-bond donors (Lipinski definition) is 0. The Morgan fingerprint density at radius 2 is 2.36 bits per heavy atom. The minimum absolute atomic E-state index is 0.176. The molecule has 0 rings (SSSR count). The van der Waals surface area contributed by atoms with Gasteiger partial charge in [-0.05, 0) is 12.5 Å². The normalized spacial score (nSPS) is 9.91. The molecule has 0 aliphatic rings. The highest BCUT2D eigenvalue weighted by atomic mass is 16.5. The van der Waals surface area contributed by atoms with E-state index in [0.29, 0.717) is 6.42 Å². The first-order chi connectivity index (χ1) is 5.31. The van der Waals surface area contributed by atoms with Crippen molar-refractivity contribution in [2.75, 3.05) is 0 Å². The SMILES string of the molecule is C=CC=COC(=O)CCCC. The third-order valence-electron chi connectivity index (χ3n) is 1.15. The molecule has 2 nitrogen and oxygen atoms in total. The second-order valence-electron chi connectivity index (χ2n) is 2.16. The predicted molar refractivity (Wildman–Crippen MR) is 45.0 cm³/mol. The first-order valence-corrected chi connectivity index (χ1v) is 3.78. The molecule has 0 radical (unpaired) electrons. The van der Waals surface area contributed by atoms with E-state index in [1.54, 1.807) is 12.2 Å². The summed E-state index contributed by atoms with van der Waals surface area (Å²) in [6, 6.07) is 0. The minimum Gasteiger partial charge on any atom is -0.434 e. The van der Waals surface area contributed by atoms with E-state index in [4.69, 9.17) is 4.74 Å². The molecule has 0 aliphatic heterocycles. The number of carbonyl (C=O) groups is 1. The van der Waals surface area contributed by atoms with Crippen LogP contribution in [0.1, 0.15) is 26.2 Å². The summed E-state index contributed by atoms with van der Waals surface area (Å²) < 4.78 is 4.69. The molecule has 0 spiro atoms. The van der Waals surface area contributed by atoms with Crippen molar-refractivity contribution in [3.63, 3.8) is 0 Å². The highest BCUT2D eigenvalue weighted by molar-refractivity contribution is 5.69. The summed E-state index contributed by atoms with van der Waals surface area (Å²) in [5.74, 6) is -0.176. The molecule has 2 heteroatoms. The molecular weight excluding hydrogens is 140 g/mol. The van der Waals surface area contributed by atoms with Crippen LogP contribution < -0.4 is 0 Å². The Labute approximate surface area is 67.6 Å². The molecule has 0 unspecified atom stereocenters. The lowest BCUT2D eigenvalue weighted by atomic mass is 10.3. The summed E-state index contributed by atoms with van der Waals surface area (Å²) in [6.45, 7) is 5.48. The number of hydrogen-bond acceptors (Lipinski definition) is 2. The van der Waals surface area contributed by atoms with Crippen molar-refractivity contribution in [3.8, 4) is 0 Å². The van der Waals surface area contributed by atoms with Crippen molar-refractivity contribution < 1.29 is 9.53 Å². The Morgan fingerprint density at radius 3 is 2.91 bits per heavy atom. The van der Waals surface area contributed by atoms with Gasteiger partial charge in [-0.25, -0.2) is 0 Å². The Kier molecular flexibility index (Phi) is 6.39. The van der Waals surface area contributed by atoms with Gasteiger partial charge in [0.1, 0.15) is 0 Å². The van der Waals surface area contributed by atoms with Gasteiger partial charge in [0, 0.05) is 6.42 Å². The third-order valence-corrected chi connectivity index (χ3v) is 1.15. The van der Waals surface area contributed by atoms with E-state index < -0.39 is 0 Å². The Balaban J connectivity index is 3.36. The lowest BCUT2D eigenvalue weighted by molar-refractivity contribution is -0.138. The molecule has 0 saturated heterocycles. The molecule has 0 amide bonds. The van der Waals surface area contributed by atoms with Crippen molar-refractivity contribution >= 4 is 5.97 Å². The smallest absolute Gasteiger partial charge is 0.310 e. The van der Waals surface area contributed by atoms with Gasteiger partial charge in [-0.3, -0.25) is 4.79 Å². The molecule has 0 aromatic heterocycles. The number of allylic oxidation sites excluding steroid dienone is 2. The van der Waals surface area contributed by atoms with Gasteiger partial charge in [0.05, 0.1) is 6.26 Å². The lowest BCUT2D eigenvalue weighted by Crippen LogP contribution is -1.97. The van der Waals surface area contributed by atoms with E-state index in [1.165, 1.54) is 6.26 Å². The van der Waals surface area contributed by atoms with Crippen LogP contribution in [0.15, 0.2) is 25.0 Å². The van der Waals surface area contributed by atoms with Gasteiger partial charge in [-0.1, -0.05) is 26.0 Å². The molecule has 0 aromatic rings. The number of esters is 1. The summed E-state index contributed by atoms with van der Waals surface area (Å²) >= 11 is 0. The summed E-state index contributed by atoms with van der Waals surface area (Å²) in [5, 5.41) is 0. The lowest BCUT2D eigenvalue weighted by Gasteiger charge is -1.95. The standard InChI is InChI=1S/C9H14O2/c1-3-5-7-9(10)11-8-6-4-2/h4,6,8H,2-3,5,7H2,1H3. The summed E-state index contributed by atoms with van der Waals surface area (Å²) in [5.41, 5.74) is 0. The Morgan fingerprint density at radius 1 is 1.64 bits per heavy atom. The topological polar surface area (TPSA) is 26.3 Å². The van der Waals surface area contributed by atoms with Crippen LogP contribution in [0.4, 0.5) is 0 Å². The number of carbonyl (C=O) groups excluding carboxylic acids is 1. The first kappa shape index (κ1) is 9.95. The fourth-order valence-electron chi connectivity index (χ4n) is 0.551. The van der Waals surface area contributed by atoms with Crippen LogP contribution in [0.3, 0.4) is 0 Å². The second kappa shape index (κ2) is 7.06. The molecule has 0 bridgehead atoms. The van der Waals surface area contributed by atoms with Gasteiger partial charge in [0.2, 0.25) is 0 Å². The Hall–Kier alpha value is -1.05. The van der Waals surface area contributed by atoms with E-state index in [1.807, 2.05) is 6.92 Å². The fourth-order valence-corrected chi connectivity index (χ4v) is 0.551.